The van der Waals surface area contributed by atoms with Gasteiger partial charge < -0.3 is 14.6 Å². The molecule has 1 aromatic heterocycles. The highest BCUT2D eigenvalue weighted by molar-refractivity contribution is 7.22. The number of carbonyl (C=O) groups is 2. The van der Waals surface area contributed by atoms with Gasteiger partial charge in [0.15, 0.2) is 16.8 Å². The molecule has 5 rings (SSSR count). The van der Waals surface area contributed by atoms with Gasteiger partial charge in [0, 0.05) is 12.1 Å². The Morgan fingerprint density at radius 1 is 1.03 bits per heavy atom. The summed E-state index contributed by atoms with van der Waals surface area (Å²) in [7, 11) is 2.88. The fraction of sp³-hybridized carbons (Fsp3) is 0.148. The number of ketones is 1. The van der Waals surface area contributed by atoms with E-state index >= 15 is 0 Å². The van der Waals surface area contributed by atoms with E-state index in [-0.39, 0.29) is 27.5 Å². The lowest BCUT2D eigenvalue weighted by molar-refractivity contribution is -0.132. The van der Waals surface area contributed by atoms with Crippen LogP contribution in [0.15, 0.2) is 60.2 Å². The van der Waals surface area contributed by atoms with E-state index in [1.54, 1.807) is 30.3 Å². The Morgan fingerprint density at radius 3 is 2.49 bits per heavy atom. The molecule has 10 heteroatoms. The molecular formula is C27H20F2N2O5S. The largest absolute Gasteiger partial charge is 0.507 e. The topological polar surface area (TPSA) is 89.0 Å². The lowest BCUT2D eigenvalue weighted by atomic mass is 9.94. The van der Waals surface area contributed by atoms with Crippen LogP contribution in [0.1, 0.15) is 22.7 Å². The highest BCUT2D eigenvalue weighted by Gasteiger charge is 2.48. The first-order valence-electron chi connectivity index (χ1n) is 11.1. The van der Waals surface area contributed by atoms with E-state index in [0.29, 0.717) is 16.0 Å². The number of rotatable bonds is 5. The molecule has 0 aliphatic carbocycles. The third-order valence-corrected chi connectivity index (χ3v) is 7.11. The van der Waals surface area contributed by atoms with Crippen LogP contribution in [0.4, 0.5) is 13.9 Å². The number of amides is 1. The lowest BCUT2D eigenvalue weighted by Gasteiger charge is -2.23. The standard InChI is InChI=1S/C27H20F2N2O5S/c1-13-5-4-6-14(9-13)23-22(24(32)16-8-7-15(35-2)10-20(16)36-3)25(33)26(34)31(23)27-30-19-11-17(28)18(29)12-21(19)37-27/h4-12,23,32H,1-3H3/b24-22+. The number of hydrogen-bond donors (Lipinski definition) is 1. The molecule has 1 aliphatic rings. The number of methoxy groups -OCH3 is 2. The fourth-order valence-corrected chi connectivity index (χ4v) is 5.34. The maximum atomic E-state index is 13.8. The Bertz CT molecular complexity index is 1570. The van der Waals surface area contributed by atoms with Crippen molar-refractivity contribution in [1.82, 2.24) is 4.98 Å². The van der Waals surface area contributed by atoms with Crippen LogP contribution in [0.3, 0.4) is 0 Å². The van der Waals surface area contributed by atoms with Crippen LogP contribution in [0.5, 0.6) is 11.5 Å². The first-order valence-corrected chi connectivity index (χ1v) is 11.9. The quantitative estimate of drug-likeness (QED) is 0.211. The molecule has 37 heavy (non-hydrogen) atoms. The number of aryl methyl sites for hydroxylation is 1. The summed E-state index contributed by atoms with van der Waals surface area (Å²) in [6, 6.07) is 12.7. The SMILES string of the molecule is COc1ccc(/C(O)=C2\C(=O)C(=O)N(c3nc4cc(F)c(F)cc4s3)C2c2cccc(C)c2)c(OC)c1. The van der Waals surface area contributed by atoms with Crippen molar-refractivity contribution in [2.75, 3.05) is 19.1 Å². The van der Waals surface area contributed by atoms with Crippen molar-refractivity contribution in [2.24, 2.45) is 0 Å². The molecule has 1 aliphatic heterocycles. The molecule has 1 amide bonds. The Hall–Kier alpha value is -4.31. The van der Waals surface area contributed by atoms with Gasteiger partial charge in [0.2, 0.25) is 0 Å². The predicted octanol–water partition coefficient (Wildman–Crippen LogP) is 5.53. The Labute approximate surface area is 214 Å². The van der Waals surface area contributed by atoms with Gasteiger partial charge in [0.1, 0.15) is 17.3 Å². The van der Waals surface area contributed by atoms with Gasteiger partial charge in [-0.05, 0) is 30.7 Å². The molecule has 0 saturated carbocycles. The minimum atomic E-state index is -1.08. The Morgan fingerprint density at radius 2 is 1.78 bits per heavy atom. The molecule has 1 N–H and O–H groups in total. The molecule has 1 unspecified atom stereocenters. The second kappa shape index (κ2) is 9.29. The Balaban J connectivity index is 1.75. The zero-order valence-electron chi connectivity index (χ0n) is 19.9. The number of hydrogen-bond acceptors (Lipinski definition) is 7. The van der Waals surface area contributed by atoms with Crippen molar-refractivity contribution in [3.8, 4) is 11.5 Å². The summed E-state index contributed by atoms with van der Waals surface area (Å²) >= 11 is 0.938. The lowest BCUT2D eigenvalue weighted by Crippen LogP contribution is -2.29. The normalized spacial score (nSPS) is 17.0. The second-order valence-corrected chi connectivity index (χ2v) is 9.39. The van der Waals surface area contributed by atoms with Crippen LogP contribution >= 0.6 is 11.3 Å². The van der Waals surface area contributed by atoms with Gasteiger partial charge in [0.05, 0.1) is 41.6 Å². The maximum Gasteiger partial charge on any atom is 0.301 e. The number of anilines is 1. The molecule has 4 aromatic rings. The van der Waals surface area contributed by atoms with E-state index in [4.69, 9.17) is 9.47 Å². The number of aliphatic hydroxyl groups excluding tert-OH is 1. The molecule has 2 heterocycles. The average molecular weight is 523 g/mol. The van der Waals surface area contributed by atoms with Crippen molar-refractivity contribution in [2.45, 2.75) is 13.0 Å². The highest BCUT2D eigenvalue weighted by atomic mass is 32.1. The fourth-order valence-electron chi connectivity index (χ4n) is 4.34. The molecule has 188 valence electrons. The zero-order valence-corrected chi connectivity index (χ0v) is 20.7. The molecular weight excluding hydrogens is 502 g/mol. The summed E-state index contributed by atoms with van der Waals surface area (Å²) in [4.78, 5) is 32.3. The number of nitrogens with zero attached hydrogens (tertiary/aromatic N) is 2. The van der Waals surface area contributed by atoms with Crippen molar-refractivity contribution in [3.05, 3.63) is 88.5 Å². The van der Waals surface area contributed by atoms with Crippen molar-refractivity contribution < 1.29 is 33.0 Å². The molecule has 7 nitrogen and oxygen atoms in total. The zero-order chi connectivity index (χ0) is 26.4. The van der Waals surface area contributed by atoms with E-state index in [9.17, 15) is 23.5 Å². The minimum Gasteiger partial charge on any atom is -0.507 e. The van der Waals surface area contributed by atoms with Crippen LogP contribution in [0.25, 0.3) is 16.0 Å². The van der Waals surface area contributed by atoms with Crippen molar-refractivity contribution in [3.63, 3.8) is 0 Å². The summed E-state index contributed by atoms with van der Waals surface area (Å²) in [6.07, 6.45) is 0. The third kappa shape index (κ3) is 4.09. The smallest absolute Gasteiger partial charge is 0.301 e. The predicted molar refractivity (Wildman–Crippen MR) is 135 cm³/mol. The maximum absolute atomic E-state index is 13.8. The minimum absolute atomic E-state index is 0.0642. The van der Waals surface area contributed by atoms with Crippen LogP contribution in [0.2, 0.25) is 0 Å². The van der Waals surface area contributed by atoms with Gasteiger partial charge in [-0.25, -0.2) is 13.8 Å². The van der Waals surface area contributed by atoms with Crippen LogP contribution in [-0.2, 0) is 9.59 Å². The number of carbonyl (C=O) groups excluding carboxylic acids is 2. The molecule has 1 atom stereocenters. The number of fused-ring (bicyclic) bond motifs is 1. The number of halogens is 2. The number of aliphatic hydroxyl groups is 1. The van der Waals surface area contributed by atoms with Gasteiger partial charge in [-0.15, -0.1) is 0 Å². The number of benzene rings is 3. The van der Waals surface area contributed by atoms with Crippen LogP contribution in [0, 0.1) is 18.6 Å². The first kappa shape index (κ1) is 24.4. The van der Waals surface area contributed by atoms with Gasteiger partial charge in [-0.2, -0.15) is 0 Å². The molecule has 0 radical (unpaired) electrons. The van der Waals surface area contributed by atoms with Gasteiger partial charge >= 0.3 is 5.91 Å². The number of Topliss-reactive ketones (excluding diaryl/α,β-unsaturated/α-hetero) is 1. The van der Waals surface area contributed by atoms with E-state index < -0.39 is 35.1 Å². The van der Waals surface area contributed by atoms with Crippen LogP contribution in [-0.4, -0.2) is 36.0 Å². The van der Waals surface area contributed by atoms with E-state index in [0.717, 1.165) is 33.9 Å². The average Bonchev–Trinajstić information content (AvgIpc) is 3.40. The summed E-state index contributed by atoms with van der Waals surface area (Å²) in [5.74, 6) is -3.72. The molecule has 1 fully saturated rings. The van der Waals surface area contributed by atoms with Crippen molar-refractivity contribution >= 4 is 44.1 Å². The summed E-state index contributed by atoms with van der Waals surface area (Å²) in [5.41, 5.74) is 1.56. The first-order chi connectivity index (χ1) is 17.7. The van der Waals surface area contributed by atoms with E-state index in [2.05, 4.69) is 4.98 Å². The van der Waals surface area contributed by atoms with E-state index in [1.165, 1.54) is 20.3 Å². The Kier molecular flexibility index (Phi) is 6.12. The van der Waals surface area contributed by atoms with Gasteiger partial charge in [0.25, 0.3) is 5.78 Å². The molecule has 3 aromatic carbocycles. The second-order valence-electron chi connectivity index (χ2n) is 8.38. The van der Waals surface area contributed by atoms with Gasteiger partial charge in [-0.3, -0.25) is 14.5 Å². The van der Waals surface area contributed by atoms with E-state index in [1.807, 2.05) is 13.0 Å². The molecule has 1 saturated heterocycles. The van der Waals surface area contributed by atoms with Crippen molar-refractivity contribution in [1.29, 1.82) is 0 Å². The van der Waals surface area contributed by atoms with Crippen LogP contribution < -0.4 is 14.4 Å². The number of aromatic nitrogens is 1. The summed E-state index contributed by atoms with van der Waals surface area (Å²) in [6.45, 7) is 1.85. The monoisotopic (exact) mass is 522 g/mol. The number of thiazole rings is 1. The summed E-state index contributed by atoms with van der Waals surface area (Å²) in [5, 5.41) is 11.5. The van der Waals surface area contributed by atoms with Gasteiger partial charge in [-0.1, -0.05) is 41.2 Å². The molecule has 0 bridgehead atoms. The molecule has 0 spiro atoms. The third-order valence-electron chi connectivity index (χ3n) is 6.09. The number of ether oxygens (including phenoxy) is 2. The summed E-state index contributed by atoms with van der Waals surface area (Å²) < 4.78 is 38.6. The highest BCUT2D eigenvalue weighted by Crippen LogP contribution is 2.45.